The molecule has 2 N–H and O–H groups in total. The van der Waals surface area contributed by atoms with E-state index >= 15 is 0 Å². The molecule has 0 amide bonds. The van der Waals surface area contributed by atoms with Gasteiger partial charge in [-0.2, -0.15) is 11.8 Å². The first-order valence-electron chi connectivity index (χ1n) is 5.71. The van der Waals surface area contributed by atoms with E-state index in [0.29, 0.717) is 11.6 Å². The molecule has 1 aliphatic rings. The third kappa shape index (κ3) is 2.44. The highest BCUT2D eigenvalue weighted by atomic mass is 32.2. The average Bonchev–Trinajstić information content (AvgIpc) is 2.19. The van der Waals surface area contributed by atoms with Gasteiger partial charge < -0.3 is 5.73 Å². The topological polar surface area (TPSA) is 29.3 Å². The van der Waals surface area contributed by atoms with Crippen LogP contribution in [0.25, 0.3) is 0 Å². The minimum Gasteiger partial charge on any atom is -0.329 e. The number of likely N-dealkylation sites (N-methyl/N-ethyl adjacent to an activating group) is 1. The maximum Gasteiger partial charge on any atom is 0.0350 e. The number of hydrogen-bond acceptors (Lipinski definition) is 3. The molecule has 1 heterocycles. The molecule has 1 saturated heterocycles. The lowest BCUT2D eigenvalue weighted by atomic mass is 9.89. The van der Waals surface area contributed by atoms with Crippen molar-refractivity contribution in [3.63, 3.8) is 0 Å². The number of rotatable bonds is 4. The Labute approximate surface area is 92.6 Å². The Kier molecular flexibility index (Phi) is 4.74. The molecule has 84 valence electrons. The van der Waals surface area contributed by atoms with Gasteiger partial charge in [0, 0.05) is 18.1 Å². The molecule has 0 atom stereocenters. The molecule has 14 heavy (non-hydrogen) atoms. The highest BCUT2D eigenvalue weighted by Crippen LogP contribution is 2.32. The van der Waals surface area contributed by atoms with Crippen molar-refractivity contribution in [3.05, 3.63) is 0 Å². The van der Waals surface area contributed by atoms with E-state index in [2.05, 4.69) is 37.4 Å². The molecular formula is C11H24N2S. The van der Waals surface area contributed by atoms with Gasteiger partial charge in [-0.25, -0.2) is 0 Å². The van der Waals surface area contributed by atoms with E-state index in [1.54, 1.807) is 0 Å². The molecule has 2 nitrogen and oxygen atoms in total. The molecule has 0 saturated carbocycles. The van der Waals surface area contributed by atoms with Crippen molar-refractivity contribution in [2.45, 2.75) is 45.2 Å². The maximum atomic E-state index is 6.00. The lowest BCUT2D eigenvalue weighted by Crippen LogP contribution is -2.58. The van der Waals surface area contributed by atoms with Crippen LogP contribution in [0.3, 0.4) is 0 Å². The lowest BCUT2D eigenvalue weighted by Gasteiger charge is -2.47. The average molecular weight is 216 g/mol. The smallest absolute Gasteiger partial charge is 0.0350 e. The molecule has 0 aromatic rings. The van der Waals surface area contributed by atoms with Gasteiger partial charge in [0.25, 0.3) is 0 Å². The fourth-order valence-corrected chi connectivity index (χ4v) is 3.86. The standard InChI is InChI=1S/C11H24N2S/c1-4-13(10(2)3)11(9-12)5-7-14-8-6-11/h10H,4-9,12H2,1-3H3. The molecule has 0 spiro atoms. The van der Waals surface area contributed by atoms with E-state index in [0.717, 1.165) is 13.1 Å². The molecule has 0 unspecified atom stereocenters. The normalized spacial score (nSPS) is 21.9. The predicted octanol–water partition coefficient (Wildman–Crippen LogP) is 1.94. The van der Waals surface area contributed by atoms with Crippen molar-refractivity contribution in [3.8, 4) is 0 Å². The summed E-state index contributed by atoms with van der Waals surface area (Å²) in [5.41, 5.74) is 6.30. The summed E-state index contributed by atoms with van der Waals surface area (Å²) in [5.74, 6) is 2.56. The van der Waals surface area contributed by atoms with Crippen LogP contribution in [-0.4, -0.2) is 41.1 Å². The molecule has 0 aromatic carbocycles. The number of nitrogens with zero attached hydrogens (tertiary/aromatic N) is 1. The summed E-state index contributed by atoms with van der Waals surface area (Å²) >= 11 is 2.07. The summed E-state index contributed by atoms with van der Waals surface area (Å²) in [6.45, 7) is 8.75. The molecule has 1 rings (SSSR count). The van der Waals surface area contributed by atoms with Gasteiger partial charge in [-0.15, -0.1) is 0 Å². The molecular weight excluding hydrogens is 192 g/mol. The second-order valence-corrected chi connectivity index (χ2v) is 5.65. The van der Waals surface area contributed by atoms with Crippen molar-refractivity contribution >= 4 is 11.8 Å². The van der Waals surface area contributed by atoms with Crippen LogP contribution in [0.15, 0.2) is 0 Å². The first-order chi connectivity index (χ1) is 6.66. The molecule has 0 aromatic heterocycles. The summed E-state index contributed by atoms with van der Waals surface area (Å²) in [4.78, 5) is 2.59. The van der Waals surface area contributed by atoms with Crippen LogP contribution in [0.2, 0.25) is 0 Å². The summed E-state index contributed by atoms with van der Waals surface area (Å²) in [5, 5.41) is 0. The van der Waals surface area contributed by atoms with Crippen LogP contribution < -0.4 is 5.73 Å². The Bertz CT molecular complexity index is 165. The molecule has 3 heteroatoms. The minimum absolute atomic E-state index is 0.300. The van der Waals surface area contributed by atoms with Crippen LogP contribution >= 0.6 is 11.8 Å². The summed E-state index contributed by atoms with van der Waals surface area (Å²) in [7, 11) is 0. The van der Waals surface area contributed by atoms with E-state index in [4.69, 9.17) is 5.73 Å². The Balaban J connectivity index is 2.74. The third-order valence-corrected chi connectivity index (χ3v) is 4.36. The Morgan fingerprint density at radius 1 is 1.36 bits per heavy atom. The van der Waals surface area contributed by atoms with Crippen LogP contribution in [0, 0.1) is 0 Å². The number of thioether (sulfide) groups is 1. The zero-order valence-corrected chi connectivity index (χ0v) is 10.6. The fraction of sp³-hybridized carbons (Fsp3) is 1.00. The van der Waals surface area contributed by atoms with E-state index in [1.165, 1.54) is 24.3 Å². The third-order valence-electron chi connectivity index (χ3n) is 3.38. The molecule has 0 aliphatic carbocycles. The van der Waals surface area contributed by atoms with Gasteiger partial charge >= 0.3 is 0 Å². The van der Waals surface area contributed by atoms with Crippen LogP contribution in [0.1, 0.15) is 33.6 Å². The van der Waals surface area contributed by atoms with Crippen molar-refractivity contribution in [2.24, 2.45) is 5.73 Å². The molecule has 0 bridgehead atoms. The van der Waals surface area contributed by atoms with Gasteiger partial charge in [0.1, 0.15) is 0 Å². The van der Waals surface area contributed by atoms with Crippen LogP contribution in [-0.2, 0) is 0 Å². The van der Waals surface area contributed by atoms with Crippen LogP contribution in [0.5, 0.6) is 0 Å². The monoisotopic (exact) mass is 216 g/mol. The van der Waals surface area contributed by atoms with Gasteiger partial charge in [0.2, 0.25) is 0 Å². The van der Waals surface area contributed by atoms with Crippen molar-refractivity contribution < 1.29 is 0 Å². The minimum atomic E-state index is 0.300. The Morgan fingerprint density at radius 3 is 2.29 bits per heavy atom. The van der Waals surface area contributed by atoms with E-state index < -0.39 is 0 Å². The van der Waals surface area contributed by atoms with Gasteiger partial charge in [0.05, 0.1) is 0 Å². The number of nitrogens with two attached hydrogens (primary N) is 1. The predicted molar refractivity (Wildman–Crippen MR) is 65.9 cm³/mol. The molecule has 1 aliphatic heterocycles. The largest absolute Gasteiger partial charge is 0.329 e. The van der Waals surface area contributed by atoms with Crippen molar-refractivity contribution in [2.75, 3.05) is 24.6 Å². The molecule has 0 radical (unpaired) electrons. The van der Waals surface area contributed by atoms with Gasteiger partial charge in [-0.3, -0.25) is 4.90 Å². The quantitative estimate of drug-likeness (QED) is 0.779. The second kappa shape index (κ2) is 5.38. The summed E-state index contributed by atoms with van der Waals surface area (Å²) in [6.07, 6.45) is 2.53. The number of hydrogen-bond donors (Lipinski definition) is 1. The van der Waals surface area contributed by atoms with Crippen LogP contribution in [0.4, 0.5) is 0 Å². The highest BCUT2D eigenvalue weighted by molar-refractivity contribution is 7.99. The first kappa shape index (κ1) is 12.3. The van der Waals surface area contributed by atoms with Gasteiger partial charge in [-0.05, 0) is 44.7 Å². The highest BCUT2D eigenvalue weighted by Gasteiger charge is 2.37. The van der Waals surface area contributed by atoms with Crippen molar-refractivity contribution in [1.82, 2.24) is 4.90 Å². The van der Waals surface area contributed by atoms with E-state index in [1.807, 2.05) is 0 Å². The maximum absolute atomic E-state index is 6.00. The van der Waals surface area contributed by atoms with Gasteiger partial charge in [-0.1, -0.05) is 6.92 Å². The Morgan fingerprint density at radius 2 is 1.93 bits per heavy atom. The zero-order valence-electron chi connectivity index (χ0n) is 9.75. The van der Waals surface area contributed by atoms with E-state index in [-0.39, 0.29) is 0 Å². The SMILES string of the molecule is CCN(C(C)C)C1(CN)CCSCC1. The van der Waals surface area contributed by atoms with Gasteiger partial charge in [0.15, 0.2) is 0 Å². The second-order valence-electron chi connectivity index (χ2n) is 4.42. The molecule has 1 fully saturated rings. The summed E-state index contributed by atoms with van der Waals surface area (Å²) in [6, 6.07) is 0.617. The summed E-state index contributed by atoms with van der Waals surface area (Å²) < 4.78 is 0. The Hall–Kier alpha value is 0.270. The van der Waals surface area contributed by atoms with Crippen molar-refractivity contribution in [1.29, 1.82) is 0 Å². The lowest BCUT2D eigenvalue weighted by molar-refractivity contribution is 0.0595. The first-order valence-corrected chi connectivity index (χ1v) is 6.86. The fourth-order valence-electron chi connectivity index (χ4n) is 2.61. The van der Waals surface area contributed by atoms with E-state index in [9.17, 15) is 0 Å². The zero-order chi connectivity index (χ0) is 10.6.